The Morgan fingerprint density at radius 3 is 2.44 bits per heavy atom. The van der Waals surface area contributed by atoms with Crippen molar-refractivity contribution in [3.8, 4) is 0 Å². The van der Waals surface area contributed by atoms with E-state index in [1.165, 1.54) is 7.11 Å². The van der Waals surface area contributed by atoms with E-state index in [1.54, 1.807) is 6.07 Å². The molecule has 0 N–H and O–H groups in total. The second-order valence-corrected chi connectivity index (χ2v) is 10.8. The smallest absolute Gasteiger partial charge is 0.337 e. The van der Waals surface area contributed by atoms with Gasteiger partial charge in [-0.1, -0.05) is 56.3 Å². The summed E-state index contributed by atoms with van der Waals surface area (Å²) in [6.07, 6.45) is 1.62. The van der Waals surface area contributed by atoms with Crippen LogP contribution in [0.3, 0.4) is 0 Å². The van der Waals surface area contributed by atoms with Crippen molar-refractivity contribution in [2.45, 2.75) is 58.5 Å². The van der Waals surface area contributed by atoms with E-state index in [2.05, 4.69) is 36.9 Å². The Balaban J connectivity index is 1.74. The topological polar surface area (TPSA) is 55.8 Å². The number of rotatable bonds is 7. The summed E-state index contributed by atoms with van der Waals surface area (Å²) in [5.41, 5.74) is 2.33. The van der Waals surface area contributed by atoms with Crippen molar-refractivity contribution in [2.24, 2.45) is 11.8 Å². The summed E-state index contributed by atoms with van der Waals surface area (Å²) in [4.78, 5) is 27.5. The molecule has 5 nitrogen and oxygen atoms in total. The molecule has 184 valence electrons. The molecule has 1 aliphatic heterocycles. The number of hydrogen-bond donors (Lipinski definition) is 0. The number of ether oxygens (including phenoxy) is 2. The van der Waals surface area contributed by atoms with Gasteiger partial charge in [-0.3, -0.25) is 4.79 Å². The fourth-order valence-corrected chi connectivity index (χ4v) is 4.85. The highest BCUT2D eigenvalue weighted by atomic mass is 16.6. The molecule has 0 amide bonds. The summed E-state index contributed by atoms with van der Waals surface area (Å²) >= 11 is 0. The van der Waals surface area contributed by atoms with Crippen molar-refractivity contribution in [3.63, 3.8) is 0 Å². The summed E-state index contributed by atoms with van der Waals surface area (Å²) < 4.78 is 10.7. The van der Waals surface area contributed by atoms with Crippen LogP contribution in [0.5, 0.6) is 0 Å². The molecular weight excluding hydrogens is 426 g/mol. The highest BCUT2D eigenvalue weighted by Crippen LogP contribution is 2.40. The molecule has 1 saturated heterocycles. The molecule has 2 aromatic carbocycles. The van der Waals surface area contributed by atoms with Gasteiger partial charge in [-0.05, 0) is 74.8 Å². The number of benzene rings is 2. The molecule has 3 atom stereocenters. The van der Waals surface area contributed by atoms with Crippen molar-refractivity contribution < 1.29 is 19.1 Å². The molecule has 0 bridgehead atoms. The number of methoxy groups -OCH3 is 1. The first-order valence-corrected chi connectivity index (χ1v) is 12.2. The Bertz CT molecular complexity index is 981. The fraction of sp³-hybridized carbons (Fsp3) is 0.517. The number of esters is 2. The number of hydrogen-bond acceptors (Lipinski definition) is 5. The average molecular weight is 466 g/mol. The molecule has 1 aliphatic rings. The van der Waals surface area contributed by atoms with Crippen LogP contribution in [0.15, 0.2) is 54.6 Å². The van der Waals surface area contributed by atoms with Crippen LogP contribution >= 0.6 is 0 Å². The lowest BCUT2D eigenvalue weighted by atomic mass is 9.67. The van der Waals surface area contributed by atoms with Gasteiger partial charge in [0.05, 0.1) is 18.6 Å². The lowest BCUT2D eigenvalue weighted by Crippen LogP contribution is -2.49. The molecular formula is C29H39NO4. The zero-order valence-corrected chi connectivity index (χ0v) is 21.5. The number of nitrogens with zero attached hydrogens (tertiary/aromatic N) is 1. The Kier molecular flexibility index (Phi) is 8.19. The number of carbonyl (C=O) groups excluding carboxylic acids is 2. The standard InChI is InChI=1S/C29H39NO4/c1-21-19-30(16-15-29(21,5)25-14-10-13-23(18-25)26(31)33-6)20-24(27(32)34-28(2,3)4)17-22-11-8-7-9-12-22/h7-14,18,21,24H,15-17,19-20H2,1-6H3/t21-,24-,29+/m0/s1. The van der Waals surface area contributed by atoms with Crippen LogP contribution in [0.1, 0.15) is 62.5 Å². The second-order valence-electron chi connectivity index (χ2n) is 10.8. The van der Waals surface area contributed by atoms with Gasteiger partial charge in [0.25, 0.3) is 0 Å². The van der Waals surface area contributed by atoms with E-state index in [4.69, 9.17) is 9.47 Å². The van der Waals surface area contributed by atoms with Crippen molar-refractivity contribution in [3.05, 3.63) is 71.3 Å². The van der Waals surface area contributed by atoms with E-state index in [-0.39, 0.29) is 23.3 Å². The van der Waals surface area contributed by atoms with Gasteiger partial charge in [-0.15, -0.1) is 0 Å². The van der Waals surface area contributed by atoms with E-state index in [0.29, 0.717) is 24.4 Å². The first-order valence-electron chi connectivity index (χ1n) is 12.2. The molecule has 2 aromatic rings. The van der Waals surface area contributed by atoms with Gasteiger partial charge in [0.15, 0.2) is 0 Å². The van der Waals surface area contributed by atoms with Gasteiger partial charge < -0.3 is 14.4 Å². The molecule has 1 fully saturated rings. The van der Waals surface area contributed by atoms with Crippen molar-refractivity contribution in [1.29, 1.82) is 0 Å². The minimum absolute atomic E-state index is 0.0542. The first kappa shape index (κ1) is 26.0. The van der Waals surface area contributed by atoms with E-state index in [1.807, 2.05) is 51.1 Å². The average Bonchev–Trinajstić information content (AvgIpc) is 2.80. The first-order chi connectivity index (χ1) is 16.0. The van der Waals surface area contributed by atoms with Crippen molar-refractivity contribution >= 4 is 11.9 Å². The normalized spacial score (nSPS) is 22.1. The van der Waals surface area contributed by atoms with Gasteiger partial charge >= 0.3 is 11.9 Å². The summed E-state index contributed by atoms with van der Waals surface area (Å²) in [5.74, 6) is -0.314. The molecule has 0 spiro atoms. The van der Waals surface area contributed by atoms with Gasteiger partial charge in [-0.2, -0.15) is 0 Å². The maximum absolute atomic E-state index is 13.1. The van der Waals surface area contributed by atoms with Crippen molar-refractivity contribution in [1.82, 2.24) is 4.90 Å². The van der Waals surface area contributed by atoms with E-state index in [9.17, 15) is 9.59 Å². The highest BCUT2D eigenvalue weighted by Gasteiger charge is 2.39. The van der Waals surface area contributed by atoms with Crippen LogP contribution < -0.4 is 0 Å². The highest BCUT2D eigenvalue weighted by molar-refractivity contribution is 5.89. The largest absolute Gasteiger partial charge is 0.465 e. The van der Waals surface area contributed by atoms with Gasteiger partial charge in [0, 0.05) is 13.1 Å². The van der Waals surface area contributed by atoms with E-state index < -0.39 is 5.60 Å². The third kappa shape index (κ3) is 6.47. The Morgan fingerprint density at radius 2 is 1.82 bits per heavy atom. The summed E-state index contributed by atoms with van der Waals surface area (Å²) in [6.45, 7) is 12.7. The Labute approximate surface area is 204 Å². The molecule has 5 heteroatoms. The third-order valence-electron chi connectivity index (χ3n) is 7.05. The van der Waals surface area contributed by atoms with Crippen LogP contribution in [-0.2, 0) is 26.1 Å². The minimum Gasteiger partial charge on any atom is -0.465 e. The second kappa shape index (κ2) is 10.7. The van der Waals surface area contributed by atoms with Crippen molar-refractivity contribution in [2.75, 3.05) is 26.7 Å². The van der Waals surface area contributed by atoms with Gasteiger partial charge in [0.2, 0.25) is 0 Å². The van der Waals surface area contributed by atoms with E-state index >= 15 is 0 Å². The predicted octanol–water partition coefficient (Wildman–Crippen LogP) is 5.27. The van der Waals surface area contributed by atoms with Crippen LogP contribution in [0.25, 0.3) is 0 Å². The Morgan fingerprint density at radius 1 is 1.12 bits per heavy atom. The molecule has 0 unspecified atom stereocenters. The molecule has 0 aromatic heterocycles. The monoisotopic (exact) mass is 465 g/mol. The summed E-state index contributed by atoms with van der Waals surface area (Å²) in [6, 6.07) is 18.0. The van der Waals surface area contributed by atoms with Gasteiger partial charge in [-0.25, -0.2) is 4.79 Å². The maximum atomic E-state index is 13.1. The molecule has 0 aliphatic carbocycles. The molecule has 0 saturated carbocycles. The molecule has 34 heavy (non-hydrogen) atoms. The molecule has 1 heterocycles. The summed E-state index contributed by atoms with van der Waals surface area (Å²) in [5, 5.41) is 0. The lowest BCUT2D eigenvalue weighted by Gasteiger charge is -2.46. The zero-order valence-electron chi connectivity index (χ0n) is 21.5. The maximum Gasteiger partial charge on any atom is 0.337 e. The third-order valence-corrected chi connectivity index (χ3v) is 7.05. The van der Waals surface area contributed by atoms with Crippen LogP contribution in [0, 0.1) is 11.8 Å². The fourth-order valence-electron chi connectivity index (χ4n) is 4.85. The minimum atomic E-state index is -0.509. The SMILES string of the molecule is COC(=O)c1cccc([C@]2(C)CCN(C[C@H](Cc3ccccc3)C(=O)OC(C)(C)C)C[C@@H]2C)c1. The van der Waals surface area contributed by atoms with Crippen LogP contribution in [0.4, 0.5) is 0 Å². The predicted molar refractivity (Wildman–Crippen MR) is 135 cm³/mol. The van der Waals surface area contributed by atoms with Crippen LogP contribution in [0.2, 0.25) is 0 Å². The quantitative estimate of drug-likeness (QED) is 0.521. The van der Waals surface area contributed by atoms with E-state index in [0.717, 1.165) is 30.6 Å². The summed E-state index contributed by atoms with van der Waals surface area (Å²) in [7, 11) is 1.41. The zero-order chi connectivity index (χ0) is 24.9. The Hall–Kier alpha value is -2.66. The van der Waals surface area contributed by atoms with Gasteiger partial charge in [0.1, 0.15) is 5.60 Å². The number of piperidine rings is 1. The van der Waals surface area contributed by atoms with Crippen LogP contribution in [-0.4, -0.2) is 49.2 Å². The number of likely N-dealkylation sites (tertiary alicyclic amines) is 1. The lowest BCUT2D eigenvalue weighted by molar-refractivity contribution is -0.160. The molecule has 0 radical (unpaired) electrons. The molecule has 3 rings (SSSR count). The number of carbonyl (C=O) groups is 2.